The first kappa shape index (κ1) is 23.8. The van der Waals surface area contributed by atoms with Gasteiger partial charge in [-0.1, -0.05) is 38.9 Å². The molecule has 1 saturated heterocycles. The number of benzene rings is 1. The zero-order chi connectivity index (χ0) is 23.9. The molecule has 176 valence electrons. The number of amides is 1. The molecular weight excluding hydrogens is 580 g/mol. The molecule has 0 radical (unpaired) electrons. The maximum atomic E-state index is 13.9. The Balaban J connectivity index is 1.52. The highest BCUT2D eigenvalue weighted by molar-refractivity contribution is 9.10. The highest BCUT2D eigenvalue weighted by Gasteiger charge is 2.42. The molecule has 1 atom stereocenters. The lowest BCUT2D eigenvalue weighted by atomic mass is 10.2. The van der Waals surface area contributed by atoms with Gasteiger partial charge in [0.05, 0.1) is 21.1 Å². The van der Waals surface area contributed by atoms with E-state index in [-0.39, 0.29) is 23.2 Å². The molecule has 0 bridgehead atoms. The van der Waals surface area contributed by atoms with Gasteiger partial charge in [0.2, 0.25) is 5.91 Å². The van der Waals surface area contributed by atoms with Crippen molar-refractivity contribution in [1.29, 1.82) is 0 Å². The van der Waals surface area contributed by atoms with Crippen molar-refractivity contribution in [3.05, 3.63) is 69.2 Å². The van der Waals surface area contributed by atoms with E-state index >= 15 is 0 Å². The van der Waals surface area contributed by atoms with Crippen LogP contribution in [0, 0.1) is 0 Å². The summed E-state index contributed by atoms with van der Waals surface area (Å²) < 4.78 is 30.4. The fourth-order valence-corrected chi connectivity index (χ4v) is 8.70. The molecule has 1 unspecified atom stereocenters. The molecule has 7 nitrogen and oxygen atoms in total. The van der Waals surface area contributed by atoms with Crippen LogP contribution in [0.5, 0.6) is 0 Å². The number of hydrogen-bond acceptors (Lipinski definition) is 7. The summed E-state index contributed by atoms with van der Waals surface area (Å²) in [5, 5.41) is 0.526. The van der Waals surface area contributed by atoms with E-state index in [4.69, 9.17) is 16.6 Å². The first-order chi connectivity index (χ1) is 16.3. The largest absolute Gasteiger partial charge is 0.282 e. The molecule has 12 heteroatoms. The van der Waals surface area contributed by atoms with Crippen LogP contribution in [-0.4, -0.2) is 41.2 Å². The van der Waals surface area contributed by atoms with Gasteiger partial charge in [-0.15, -0.1) is 11.3 Å². The van der Waals surface area contributed by atoms with E-state index < -0.39 is 16.1 Å². The predicted molar refractivity (Wildman–Crippen MR) is 139 cm³/mol. The van der Waals surface area contributed by atoms with Crippen LogP contribution < -0.4 is 4.90 Å². The summed E-state index contributed by atoms with van der Waals surface area (Å²) in [4.78, 5) is 24.3. The Hall–Kier alpha value is -1.89. The molecule has 4 aromatic rings. The first-order valence-corrected chi connectivity index (χ1v) is 14.6. The van der Waals surface area contributed by atoms with E-state index in [1.54, 1.807) is 23.4 Å². The van der Waals surface area contributed by atoms with Crippen molar-refractivity contribution in [1.82, 2.24) is 14.3 Å². The van der Waals surface area contributed by atoms with Gasteiger partial charge in [-0.25, -0.2) is 13.4 Å². The summed E-state index contributed by atoms with van der Waals surface area (Å²) in [6.45, 7) is 0.543. The molecule has 1 amide bonds. The number of pyridine rings is 1. The number of halogens is 2. The zero-order valence-corrected chi connectivity index (χ0v) is 22.4. The van der Waals surface area contributed by atoms with E-state index in [1.165, 1.54) is 21.7 Å². The van der Waals surface area contributed by atoms with Gasteiger partial charge in [-0.3, -0.25) is 14.7 Å². The average Bonchev–Trinajstić information content (AvgIpc) is 3.57. The van der Waals surface area contributed by atoms with E-state index in [2.05, 4.69) is 20.9 Å². The fourth-order valence-electron chi connectivity index (χ4n) is 3.92. The molecular formula is C22H18BrClN4O3S3. The number of aromatic nitrogens is 2. The molecule has 1 aliphatic rings. The molecule has 34 heavy (non-hydrogen) atoms. The summed E-state index contributed by atoms with van der Waals surface area (Å²) in [5.41, 5.74) is 1.65. The number of carbonyl (C=O) groups excluding carboxylic acids is 1. The summed E-state index contributed by atoms with van der Waals surface area (Å²) in [6, 6.07) is 11.6. The second-order valence-electron chi connectivity index (χ2n) is 7.72. The first-order valence-electron chi connectivity index (χ1n) is 10.4. The lowest BCUT2D eigenvalue weighted by molar-refractivity contribution is -0.121. The second-order valence-corrected chi connectivity index (χ2v) is 13.5. The minimum Gasteiger partial charge on any atom is -0.282 e. The Labute approximate surface area is 218 Å². The molecule has 0 spiro atoms. The standard InChI is InChI=1S/C22H18BrClN4O3S3/c23-15-3-4-16-18(12-15)32-22(26-16)27(13-14-7-9-25-10-8-14)21(29)17-2-1-11-28(17)34(30,31)20-6-5-19(24)33-20/h3-10,12,17H,1-2,11,13H2. The summed E-state index contributed by atoms with van der Waals surface area (Å²) in [7, 11) is -3.84. The normalized spacial score (nSPS) is 16.8. The van der Waals surface area contributed by atoms with Crippen molar-refractivity contribution in [2.24, 2.45) is 0 Å². The Kier molecular flexibility index (Phi) is 6.75. The van der Waals surface area contributed by atoms with Gasteiger partial charge >= 0.3 is 0 Å². The SMILES string of the molecule is O=C(C1CCCN1S(=O)(=O)c1ccc(Cl)s1)N(Cc1ccncc1)c1nc2ccc(Br)cc2s1. The summed E-state index contributed by atoms with van der Waals surface area (Å²) in [6.07, 6.45) is 4.38. The van der Waals surface area contributed by atoms with Gasteiger partial charge in [0, 0.05) is 23.4 Å². The van der Waals surface area contributed by atoms with Gasteiger partial charge in [-0.2, -0.15) is 4.31 Å². The Morgan fingerprint density at radius 1 is 1.18 bits per heavy atom. The zero-order valence-electron chi connectivity index (χ0n) is 17.6. The van der Waals surface area contributed by atoms with Crippen LogP contribution in [0.2, 0.25) is 4.34 Å². The third-order valence-electron chi connectivity index (χ3n) is 5.53. The predicted octanol–water partition coefficient (Wildman–Crippen LogP) is 5.56. The van der Waals surface area contributed by atoms with Crippen LogP contribution in [0.3, 0.4) is 0 Å². The van der Waals surface area contributed by atoms with Crippen molar-refractivity contribution in [3.63, 3.8) is 0 Å². The van der Waals surface area contributed by atoms with Gasteiger partial charge in [0.15, 0.2) is 5.13 Å². The molecule has 4 heterocycles. The minimum atomic E-state index is -3.84. The number of nitrogens with zero attached hydrogens (tertiary/aromatic N) is 4. The molecule has 0 aliphatic carbocycles. The summed E-state index contributed by atoms with van der Waals surface area (Å²) in [5.74, 6) is -0.293. The van der Waals surface area contributed by atoms with Gasteiger partial charge in [-0.05, 0) is 60.9 Å². The lowest BCUT2D eigenvalue weighted by Crippen LogP contribution is -2.47. The van der Waals surface area contributed by atoms with Crippen LogP contribution in [-0.2, 0) is 21.4 Å². The number of carbonyl (C=O) groups is 1. The lowest BCUT2D eigenvalue weighted by Gasteiger charge is -2.28. The fraction of sp³-hybridized carbons (Fsp3) is 0.227. The Bertz CT molecular complexity index is 1460. The van der Waals surface area contributed by atoms with E-state index in [1.807, 2.05) is 30.3 Å². The quantitative estimate of drug-likeness (QED) is 0.291. The van der Waals surface area contributed by atoms with Crippen molar-refractivity contribution in [3.8, 4) is 0 Å². The Morgan fingerprint density at radius 2 is 1.97 bits per heavy atom. The van der Waals surface area contributed by atoms with Crippen LogP contribution in [0.1, 0.15) is 18.4 Å². The number of sulfonamides is 1. The van der Waals surface area contributed by atoms with E-state index in [0.29, 0.717) is 22.3 Å². The number of fused-ring (bicyclic) bond motifs is 1. The molecule has 3 aromatic heterocycles. The monoisotopic (exact) mass is 596 g/mol. The van der Waals surface area contributed by atoms with Crippen molar-refractivity contribution < 1.29 is 13.2 Å². The van der Waals surface area contributed by atoms with Crippen LogP contribution in [0.25, 0.3) is 10.2 Å². The third-order valence-corrected chi connectivity index (χ3v) is 10.7. The Morgan fingerprint density at radius 3 is 2.71 bits per heavy atom. The number of thiophene rings is 1. The maximum absolute atomic E-state index is 13.9. The van der Waals surface area contributed by atoms with Crippen molar-refractivity contribution in [2.75, 3.05) is 11.4 Å². The molecule has 0 saturated carbocycles. The molecule has 0 N–H and O–H groups in total. The number of hydrogen-bond donors (Lipinski definition) is 0. The third kappa shape index (κ3) is 4.65. The van der Waals surface area contributed by atoms with Crippen molar-refractivity contribution in [2.45, 2.75) is 29.6 Å². The molecule has 1 aromatic carbocycles. The van der Waals surface area contributed by atoms with E-state index in [9.17, 15) is 13.2 Å². The highest BCUT2D eigenvalue weighted by Crippen LogP contribution is 2.36. The average molecular weight is 598 g/mol. The van der Waals surface area contributed by atoms with Gasteiger partial charge < -0.3 is 0 Å². The smallest absolute Gasteiger partial charge is 0.253 e. The van der Waals surface area contributed by atoms with E-state index in [0.717, 1.165) is 31.6 Å². The maximum Gasteiger partial charge on any atom is 0.253 e. The number of thiazole rings is 1. The second kappa shape index (κ2) is 9.63. The minimum absolute atomic E-state index is 0.141. The van der Waals surface area contributed by atoms with Crippen LogP contribution >= 0.6 is 50.2 Å². The topological polar surface area (TPSA) is 83.5 Å². The van der Waals surface area contributed by atoms with Gasteiger partial charge in [0.25, 0.3) is 10.0 Å². The molecule has 5 rings (SSSR count). The summed E-state index contributed by atoms with van der Waals surface area (Å²) >= 11 is 11.9. The van der Waals surface area contributed by atoms with Gasteiger partial charge in [0.1, 0.15) is 10.3 Å². The highest BCUT2D eigenvalue weighted by atomic mass is 79.9. The van der Waals surface area contributed by atoms with Crippen molar-refractivity contribution >= 4 is 81.5 Å². The number of anilines is 1. The molecule has 1 fully saturated rings. The van der Waals surface area contributed by atoms with Crippen LogP contribution in [0.15, 0.2) is 63.5 Å². The van der Waals surface area contributed by atoms with Crippen LogP contribution in [0.4, 0.5) is 5.13 Å². The number of rotatable bonds is 6. The molecule has 1 aliphatic heterocycles.